The lowest BCUT2D eigenvalue weighted by Crippen LogP contribution is -1.85. The summed E-state index contributed by atoms with van der Waals surface area (Å²) >= 11 is 10.3. The monoisotopic (exact) mass is 377 g/mol. The average Bonchev–Trinajstić information content (AvgIpc) is 2.19. The van der Waals surface area contributed by atoms with Crippen molar-refractivity contribution in [2.24, 2.45) is 0 Å². The molecule has 0 saturated heterocycles. The van der Waals surface area contributed by atoms with Crippen LogP contribution >= 0.6 is 47.8 Å². The van der Waals surface area contributed by atoms with Gasteiger partial charge in [-0.25, -0.2) is 4.98 Å². The summed E-state index contributed by atoms with van der Waals surface area (Å²) in [5.41, 5.74) is 2.23. The summed E-state index contributed by atoms with van der Waals surface area (Å²) in [4.78, 5) is 4.41. The third kappa shape index (κ3) is 2.02. The van der Waals surface area contributed by atoms with Gasteiger partial charge in [0.2, 0.25) is 0 Å². The van der Waals surface area contributed by atoms with E-state index >= 15 is 0 Å². The Kier molecular flexibility index (Phi) is 3.24. The summed E-state index contributed by atoms with van der Waals surface area (Å²) in [6.07, 6.45) is 0. The fraction of sp³-hybridized carbons (Fsp3) is 0.100. The van der Waals surface area contributed by atoms with Crippen LogP contribution in [0.4, 0.5) is 0 Å². The lowest BCUT2D eigenvalue weighted by atomic mass is 10.1. The molecule has 0 fully saturated rings. The molecule has 0 spiro atoms. The van der Waals surface area contributed by atoms with Gasteiger partial charge < -0.3 is 0 Å². The molecule has 0 radical (unpaired) electrons. The maximum atomic E-state index is 4.41. The number of hydrogen-bond acceptors (Lipinski definition) is 1. The van der Waals surface area contributed by atoms with Crippen molar-refractivity contribution in [1.29, 1.82) is 0 Å². The van der Waals surface area contributed by atoms with E-state index in [1.807, 2.05) is 6.07 Å². The van der Waals surface area contributed by atoms with Crippen molar-refractivity contribution >= 4 is 58.7 Å². The van der Waals surface area contributed by atoms with Crippen molar-refractivity contribution < 1.29 is 0 Å². The Balaban J connectivity index is 2.76. The molecular weight excluding hydrogens is 374 g/mol. The molecular formula is C10H6Br3N. The minimum atomic E-state index is 0.859. The van der Waals surface area contributed by atoms with E-state index in [0.29, 0.717) is 0 Å². The van der Waals surface area contributed by atoms with Crippen molar-refractivity contribution in [2.45, 2.75) is 5.33 Å². The summed E-state index contributed by atoms with van der Waals surface area (Å²) in [6.45, 7) is 0. The highest BCUT2D eigenvalue weighted by Gasteiger charge is 2.03. The van der Waals surface area contributed by atoms with E-state index in [4.69, 9.17) is 0 Å². The van der Waals surface area contributed by atoms with Gasteiger partial charge in [-0.2, -0.15) is 0 Å². The Morgan fingerprint density at radius 3 is 2.64 bits per heavy atom. The highest BCUT2D eigenvalue weighted by Crippen LogP contribution is 2.26. The van der Waals surface area contributed by atoms with Gasteiger partial charge in [0, 0.05) is 15.2 Å². The Hall–Kier alpha value is 0.0700. The van der Waals surface area contributed by atoms with Crippen LogP contribution in [-0.4, -0.2) is 4.98 Å². The quantitative estimate of drug-likeness (QED) is 0.519. The molecule has 1 aromatic heterocycles. The minimum absolute atomic E-state index is 0.859. The molecule has 72 valence electrons. The van der Waals surface area contributed by atoms with Gasteiger partial charge in [-0.3, -0.25) is 0 Å². The molecule has 2 aromatic rings. The van der Waals surface area contributed by atoms with Crippen molar-refractivity contribution in [2.75, 3.05) is 0 Å². The van der Waals surface area contributed by atoms with Crippen molar-refractivity contribution in [3.05, 3.63) is 38.9 Å². The normalized spacial score (nSPS) is 10.8. The largest absolute Gasteiger partial charge is 0.240 e. The maximum absolute atomic E-state index is 4.41. The first-order chi connectivity index (χ1) is 6.70. The summed E-state index contributed by atoms with van der Waals surface area (Å²) in [5, 5.41) is 2.01. The standard InChI is InChI=1S/C10H6Br3N/c11-5-6-3-7-1-2-9(13)14-10(7)8(12)4-6/h1-4H,5H2. The molecule has 4 heteroatoms. The third-order valence-electron chi connectivity index (χ3n) is 1.93. The number of rotatable bonds is 1. The lowest BCUT2D eigenvalue weighted by molar-refractivity contribution is 1.33. The molecule has 0 amide bonds. The molecule has 2 rings (SSSR count). The van der Waals surface area contributed by atoms with Crippen LogP contribution < -0.4 is 0 Å². The van der Waals surface area contributed by atoms with Crippen molar-refractivity contribution in [1.82, 2.24) is 4.98 Å². The average molecular weight is 380 g/mol. The fourth-order valence-corrected chi connectivity index (χ4v) is 2.55. The molecule has 0 N–H and O–H groups in total. The number of benzene rings is 1. The second-order valence-electron chi connectivity index (χ2n) is 2.92. The number of alkyl halides is 1. The second kappa shape index (κ2) is 4.29. The number of pyridine rings is 1. The molecule has 14 heavy (non-hydrogen) atoms. The molecule has 1 aromatic carbocycles. The first-order valence-corrected chi connectivity index (χ1v) is 6.72. The van der Waals surface area contributed by atoms with Crippen molar-refractivity contribution in [3.63, 3.8) is 0 Å². The second-order valence-corrected chi connectivity index (χ2v) is 5.14. The summed E-state index contributed by atoms with van der Waals surface area (Å²) in [6, 6.07) is 8.22. The minimum Gasteiger partial charge on any atom is -0.240 e. The van der Waals surface area contributed by atoms with Crippen LogP contribution in [0.25, 0.3) is 10.9 Å². The summed E-state index contributed by atoms with van der Waals surface area (Å²) < 4.78 is 1.89. The highest BCUT2D eigenvalue weighted by molar-refractivity contribution is 9.11. The maximum Gasteiger partial charge on any atom is 0.106 e. The SMILES string of the molecule is BrCc1cc(Br)c2nc(Br)ccc2c1. The molecule has 0 bridgehead atoms. The van der Waals surface area contributed by atoms with Crippen LogP contribution in [0.15, 0.2) is 33.3 Å². The number of nitrogens with zero attached hydrogens (tertiary/aromatic N) is 1. The van der Waals surface area contributed by atoms with Crippen molar-refractivity contribution in [3.8, 4) is 0 Å². The first kappa shape index (κ1) is 10.6. The van der Waals surface area contributed by atoms with E-state index in [1.165, 1.54) is 5.56 Å². The van der Waals surface area contributed by atoms with Gasteiger partial charge in [0.25, 0.3) is 0 Å². The highest BCUT2D eigenvalue weighted by atomic mass is 79.9. The van der Waals surface area contributed by atoms with E-state index in [1.54, 1.807) is 0 Å². The predicted molar refractivity (Wildman–Crippen MR) is 69.8 cm³/mol. The van der Waals surface area contributed by atoms with Crippen LogP contribution in [0, 0.1) is 0 Å². The molecule has 0 aliphatic rings. The Morgan fingerprint density at radius 1 is 1.14 bits per heavy atom. The van der Waals surface area contributed by atoms with Crippen LogP contribution in [0.1, 0.15) is 5.56 Å². The number of aromatic nitrogens is 1. The molecule has 1 nitrogen and oxygen atoms in total. The lowest BCUT2D eigenvalue weighted by Gasteiger charge is -2.03. The van der Waals surface area contributed by atoms with E-state index in [0.717, 1.165) is 25.3 Å². The van der Waals surface area contributed by atoms with E-state index in [2.05, 4.69) is 71.0 Å². The van der Waals surface area contributed by atoms with E-state index in [9.17, 15) is 0 Å². The van der Waals surface area contributed by atoms with Crippen LogP contribution in [-0.2, 0) is 5.33 Å². The number of halogens is 3. The Bertz CT molecular complexity index is 482. The van der Waals surface area contributed by atoms with Gasteiger partial charge in [0.1, 0.15) is 4.60 Å². The van der Waals surface area contributed by atoms with E-state index in [-0.39, 0.29) is 0 Å². The molecule has 1 heterocycles. The van der Waals surface area contributed by atoms with Gasteiger partial charge in [-0.1, -0.05) is 22.0 Å². The van der Waals surface area contributed by atoms with Gasteiger partial charge in [0.05, 0.1) is 5.52 Å². The molecule has 0 aliphatic heterocycles. The molecule has 0 unspecified atom stereocenters. The fourth-order valence-electron chi connectivity index (χ4n) is 1.30. The van der Waals surface area contributed by atoms with Crippen LogP contribution in [0.2, 0.25) is 0 Å². The predicted octanol–water partition coefficient (Wildman–Crippen LogP) is 4.65. The summed E-state index contributed by atoms with van der Waals surface area (Å²) in [7, 11) is 0. The van der Waals surface area contributed by atoms with E-state index < -0.39 is 0 Å². The van der Waals surface area contributed by atoms with Gasteiger partial charge in [-0.05, 0) is 55.6 Å². The Labute approximate surface area is 107 Å². The van der Waals surface area contributed by atoms with Gasteiger partial charge in [-0.15, -0.1) is 0 Å². The zero-order chi connectivity index (χ0) is 10.1. The zero-order valence-electron chi connectivity index (χ0n) is 7.10. The Morgan fingerprint density at radius 2 is 1.93 bits per heavy atom. The topological polar surface area (TPSA) is 12.9 Å². The van der Waals surface area contributed by atoms with Crippen LogP contribution in [0.3, 0.4) is 0 Å². The molecule has 0 saturated carbocycles. The molecule has 0 aliphatic carbocycles. The number of hydrogen-bond donors (Lipinski definition) is 0. The zero-order valence-corrected chi connectivity index (χ0v) is 11.9. The molecule has 0 atom stereocenters. The summed E-state index contributed by atoms with van der Waals surface area (Å²) in [5.74, 6) is 0. The third-order valence-corrected chi connectivity index (χ3v) is 3.62. The van der Waals surface area contributed by atoms with Crippen LogP contribution in [0.5, 0.6) is 0 Å². The number of fused-ring (bicyclic) bond motifs is 1. The smallest absolute Gasteiger partial charge is 0.106 e. The van der Waals surface area contributed by atoms with Gasteiger partial charge in [0.15, 0.2) is 0 Å². The van der Waals surface area contributed by atoms with Gasteiger partial charge >= 0.3 is 0 Å². The first-order valence-electron chi connectivity index (χ1n) is 4.01.